The summed E-state index contributed by atoms with van der Waals surface area (Å²) in [5.74, 6) is 0.835. The number of nitrogens with one attached hydrogen (secondary N) is 1. The van der Waals surface area contributed by atoms with E-state index in [-0.39, 0.29) is 17.6 Å². The van der Waals surface area contributed by atoms with E-state index in [1.54, 1.807) is 6.07 Å². The number of hydrogen-bond acceptors (Lipinski definition) is 4. The fourth-order valence-corrected chi connectivity index (χ4v) is 3.21. The van der Waals surface area contributed by atoms with Gasteiger partial charge in [-0.15, -0.1) is 10.2 Å². The van der Waals surface area contributed by atoms with E-state index >= 15 is 0 Å². The maximum atomic E-state index is 13.3. The van der Waals surface area contributed by atoms with Gasteiger partial charge in [0, 0.05) is 30.6 Å². The van der Waals surface area contributed by atoms with Gasteiger partial charge in [-0.05, 0) is 49.9 Å². The zero-order valence-corrected chi connectivity index (χ0v) is 14.0. The lowest BCUT2D eigenvalue weighted by atomic mass is 9.96. The van der Waals surface area contributed by atoms with E-state index in [1.165, 1.54) is 12.1 Å². The van der Waals surface area contributed by atoms with Gasteiger partial charge in [0.05, 0.1) is 5.69 Å². The molecule has 1 saturated carbocycles. The van der Waals surface area contributed by atoms with E-state index in [4.69, 9.17) is 0 Å². The molecule has 0 radical (unpaired) electrons. The summed E-state index contributed by atoms with van der Waals surface area (Å²) < 4.78 is 13.3. The number of carbonyl (C=O) groups is 1. The van der Waals surface area contributed by atoms with Crippen LogP contribution in [0.15, 0.2) is 36.4 Å². The molecule has 25 heavy (non-hydrogen) atoms. The van der Waals surface area contributed by atoms with Crippen LogP contribution < -0.4 is 10.2 Å². The molecule has 0 unspecified atom stereocenters. The molecule has 0 bridgehead atoms. The fraction of sp³-hybridized carbons (Fsp3) is 0.421. The van der Waals surface area contributed by atoms with Gasteiger partial charge >= 0.3 is 0 Å². The molecule has 2 aliphatic rings. The minimum atomic E-state index is -0.282. The van der Waals surface area contributed by atoms with Gasteiger partial charge in [-0.3, -0.25) is 4.79 Å². The summed E-state index contributed by atoms with van der Waals surface area (Å²) in [5.41, 5.74) is 1.37. The first-order chi connectivity index (χ1) is 12.2. The van der Waals surface area contributed by atoms with E-state index in [0.29, 0.717) is 11.7 Å². The number of piperidine rings is 1. The van der Waals surface area contributed by atoms with E-state index in [9.17, 15) is 9.18 Å². The van der Waals surface area contributed by atoms with Crippen molar-refractivity contribution in [2.24, 2.45) is 5.92 Å². The van der Waals surface area contributed by atoms with Crippen molar-refractivity contribution in [3.63, 3.8) is 0 Å². The second-order valence-electron chi connectivity index (χ2n) is 6.83. The maximum absolute atomic E-state index is 13.3. The first-order valence-electron chi connectivity index (χ1n) is 8.84. The van der Waals surface area contributed by atoms with Crippen LogP contribution in [0.25, 0.3) is 11.3 Å². The van der Waals surface area contributed by atoms with Crippen molar-refractivity contribution < 1.29 is 9.18 Å². The summed E-state index contributed by atoms with van der Waals surface area (Å²) in [6.07, 6.45) is 3.92. The fourth-order valence-electron chi connectivity index (χ4n) is 3.21. The Hall–Kier alpha value is -2.50. The summed E-state index contributed by atoms with van der Waals surface area (Å²) >= 11 is 0. The third kappa shape index (κ3) is 3.78. The Labute approximate surface area is 146 Å². The van der Waals surface area contributed by atoms with Gasteiger partial charge in [0.25, 0.3) is 0 Å². The van der Waals surface area contributed by atoms with Gasteiger partial charge in [0.2, 0.25) is 5.91 Å². The Balaban J connectivity index is 1.37. The SMILES string of the molecule is O=C(NC1CC1)C1CCN(c2ccc(-c3cccc(F)c3)nn2)CC1. The number of hydrogen-bond donors (Lipinski definition) is 1. The molecule has 0 atom stereocenters. The highest BCUT2D eigenvalue weighted by Gasteiger charge is 2.30. The van der Waals surface area contributed by atoms with Crippen molar-refractivity contribution >= 4 is 11.7 Å². The topological polar surface area (TPSA) is 58.1 Å². The first kappa shape index (κ1) is 16.0. The van der Waals surface area contributed by atoms with E-state index < -0.39 is 0 Å². The van der Waals surface area contributed by atoms with Gasteiger partial charge in [0.1, 0.15) is 5.82 Å². The van der Waals surface area contributed by atoms with Crippen LogP contribution in [0.1, 0.15) is 25.7 Å². The van der Waals surface area contributed by atoms with Crippen LogP contribution >= 0.6 is 0 Å². The second-order valence-corrected chi connectivity index (χ2v) is 6.83. The lowest BCUT2D eigenvalue weighted by molar-refractivity contribution is -0.125. The molecule has 130 valence electrons. The van der Waals surface area contributed by atoms with Crippen LogP contribution in [-0.4, -0.2) is 35.2 Å². The maximum Gasteiger partial charge on any atom is 0.223 e. The second kappa shape index (κ2) is 6.78. The van der Waals surface area contributed by atoms with Crippen molar-refractivity contribution in [3.05, 3.63) is 42.2 Å². The Morgan fingerprint density at radius 3 is 2.52 bits per heavy atom. The average Bonchev–Trinajstić information content (AvgIpc) is 3.46. The molecule has 0 spiro atoms. The van der Waals surface area contributed by atoms with Crippen LogP contribution in [0.4, 0.5) is 10.2 Å². The molecule has 1 aliphatic carbocycles. The molecular weight excluding hydrogens is 319 g/mol. The quantitative estimate of drug-likeness (QED) is 0.930. The van der Waals surface area contributed by atoms with Crippen molar-refractivity contribution in [2.45, 2.75) is 31.7 Å². The Kier molecular flexibility index (Phi) is 4.34. The molecule has 2 fully saturated rings. The molecular formula is C19H21FN4O. The lowest BCUT2D eigenvalue weighted by Gasteiger charge is -2.31. The zero-order valence-electron chi connectivity index (χ0n) is 14.0. The van der Waals surface area contributed by atoms with Crippen molar-refractivity contribution in [1.29, 1.82) is 0 Å². The molecule has 1 amide bonds. The minimum Gasteiger partial charge on any atom is -0.355 e. The molecule has 5 nitrogen and oxygen atoms in total. The summed E-state index contributed by atoms with van der Waals surface area (Å²) in [6, 6.07) is 10.5. The highest BCUT2D eigenvalue weighted by Crippen LogP contribution is 2.25. The monoisotopic (exact) mass is 340 g/mol. The minimum absolute atomic E-state index is 0.108. The Morgan fingerprint density at radius 1 is 1.08 bits per heavy atom. The summed E-state index contributed by atoms with van der Waals surface area (Å²) in [7, 11) is 0. The first-order valence-corrected chi connectivity index (χ1v) is 8.84. The van der Waals surface area contributed by atoms with Crippen LogP contribution in [0.3, 0.4) is 0 Å². The Bertz CT molecular complexity index is 752. The van der Waals surface area contributed by atoms with Gasteiger partial charge in [-0.25, -0.2) is 4.39 Å². The van der Waals surface area contributed by atoms with Crippen LogP contribution in [0.2, 0.25) is 0 Å². The molecule has 2 heterocycles. The van der Waals surface area contributed by atoms with Gasteiger partial charge in [-0.2, -0.15) is 0 Å². The summed E-state index contributed by atoms with van der Waals surface area (Å²) in [4.78, 5) is 14.3. The van der Waals surface area contributed by atoms with Crippen LogP contribution in [-0.2, 0) is 4.79 Å². The highest BCUT2D eigenvalue weighted by atomic mass is 19.1. The van der Waals surface area contributed by atoms with Crippen molar-refractivity contribution in [3.8, 4) is 11.3 Å². The number of nitrogens with zero attached hydrogens (tertiary/aromatic N) is 3. The highest BCUT2D eigenvalue weighted by molar-refractivity contribution is 5.79. The predicted octanol–water partition coefficient (Wildman–Crippen LogP) is 2.78. The summed E-state index contributed by atoms with van der Waals surface area (Å²) in [6.45, 7) is 1.60. The number of benzene rings is 1. The predicted molar refractivity (Wildman–Crippen MR) is 93.5 cm³/mol. The largest absolute Gasteiger partial charge is 0.355 e. The molecule has 1 aliphatic heterocycles. The van der Waals surface area contributed by atoms with Crippen LogP contribution in [0.5, 0.6) is 0 Å². The molecule has 1 saturated heterocycles. The van der Waals surface area contributed by atoms with Gasteiger partial charge in [0.15, 0.2) is 5.82 Å². The Morgan fingerprint density at radius 2 is 1.88 bits per heavy atom. The standard InChI is InChI=1S/C19H21FN4O/c20-15-3-1-2-14(12-15)17-6-7-18(23-22-17)24-10-8-13(9-11-24)19(25)21-16-4-5-16/h1-3,6-7,12-13,16H,4-5,8-11H2,(H,21,25). The molecule has 6 heteroatoms. The van der Waals surface area contributed by atoms with E-state index in [1.807, 2.05) is 18.2 Å². The third-order valence-corrected chi connectivity index (χ3v) is 4.88. The normalized spacial score (nSPS) is 18.2. The third-order valence-electron chi connectivity index (χ3n) is 4.88. The van der Waals surface area contributed by atoms with Crippen molar-refractivity contribution in [1.82, 2.24) is 15.5 Å². The van der Waals surface area contributed by atoms with E-state index in [2.05, 4.69) is 20.4 Å². The lowest BCUT2D eigenvalue weighted by Crippen LogP contribution is -2.41. The number of halogens is 1. The average molecular weight is 340 g/mol. The molecule has 4 rings (SSSR count). The number of aromatic nitrogens is 2. The number of amides is 1. The molecule has 1 aromatic heterocycles. The van der Waals surface area contributed by atoms with Gasteiger partial charge in [-0.1, -0.05) is 12.1 Å². The number of carbonyl (C=O) groups excluding carboxylic acids is 1. The number of anilines is 1. The zero-order chi connectivity index (χ0) is 17.2. The van der Waals surface area contributed by atoms with Crippen molar-refractivity contribution in [2.75, 3.05) is 18.0 Å². The smallest absolute Gasteiger partial charge is 0.223 e. The van der Waals surface area contributed by atoms with Gasteiger partial charge < -0.3 is 10.2 Å². The molecule has 1 N–H and O–H groups in total. The molecule has 2 aromatic rings. The number of rotatable bonds is 4. The molecule has 1 aromatic carbocycles. The van der Waals surface area contributed by atoms with E-state index in [0.717, 1.165) is 50.2 Å². The van der Waals surface area contributed by atoms with Crippen LogP contribution in [0, 0.1) is 11.7 Å². The summed E-state index contributed by atoms with van der Waals surface area (Å²) in [5, 5.41) is 11.6.